The van der Waals surface area contributed by atoms with Gasteiger partial charge in [-0.25, -0.2) is 4.79 Å². The molecule has 0 aromatic rings. The molecule has 1 amide bonds. The number of hydrogen-bond acceptors (Lipinski definition) is 12. The van der Waals surface area contributed by atoms with Crippen molar-refractivity contribution in [1.29, 1.82) is 0 Å². The molecule has 13 heteroatoms. The second kappa shape index (κ2) is 68.6. The first-order chi connectivity index (χ1) is 41.7. The van der Waals surface area contributed by atoms with Gasteiger partial charge in [0.25, 0.3) is 0 Å². The van der Waals surface area contributed by atoms with Gasteiger partial charge in [0.15, 0.2) is 0 Å². The average Bonchev–Trinajstić information content (AvgIpc) is 3.49. The Hall–Kier alpha value is -2.93. The molecule has 502 valence electrons. The molecule has 0 saturated heterocycles. The fourth-order valence-electron chi connectivity index (χ4n) is 10.8. The maximum absolute atomic E-state index is 12.7. The van der Waals surface area contributed by atoms with Crippen molar-refractivity contribution in [3.63, 3.8) is 0 Å². The van der Waals surface area contributed by atoms with E-state index in [0.717, 1.165) is 96.4 Å². The minimum atomic E-state index is -0.455. The Morgan fingerprint density at radius 2 is 0.553 bits per heavy atom. The lowest BCUT2D eigenvalue weighted by atomic mass is 10.0. The van der Waals surface area contributed by atoms with Gasteiger partial charge in [0.2, 0.25) is 0 Å². The Morgan fingerprint density at radius 3 is 0.824 bits per heavy atom. The van der Waals surface area contributed by atoms with Crippen LogP contribution in [0.15, 0.2) is 0 Å². The van der Waals surface area contributed by atoms with Gasteiger partial charge >= 0.3 is 30.0 Å². The lowest BCUT2D eigenvalue weighted by Gasteiger charge is -2.18. The summed E-state index contributed by atoms with van der Waals surface area (Å²) in [7, 11) is 3.99. The first-order valence-electron chi connectivity index (χ1n) is 36.5. The summed E-state index contributed by atoms with van der Waals surface area (Å²) in [6.45, 7) is 8.63. The van der Waals surface area contributed by atoms with Gasteiger partial charge in [0.1, 0.15) is 6.10 Å². The lowest BCUT2D eigenvalue weighted by molar-refractivity contribution is -0.144. The predicted molar refractivity (Wildman–Crippen MR) is 352 cm³/mol. The van der Waals surface area contributed by atoms with Gasteiger partial charge in [-0.15, -0.1) is 0 Å². The fraction of sp³-hybridized carbons (Fsp3) is 0.931. The summed E-state index contributed by atoms with van der Waals surface area (Å²) in [5.41, 5.74) is 0. The van der Waals surface area contributed by atoms with Crippen LogP contribution in [0.2, 0.25) is 0 Å². The van der Waals surface area contributed by atoms with Gasteiger partial charge < -0.3 is 38.6 Å². The molecule has 13 nitrogen and oxygen atoms in total. The van der Waals surface area contributed by atoms with Crippen molar-refractivity contribution < 1.29 is 52.4 Å². The maximum Gasteiger partial charge on any atom is 0.407 e. The maximum atomic E-state index is 12.7. The van der Waals surface area contributed by atoms with Gasteiger partial charge in [0.05, 0.1) is 39.6 Å². The monoisotopic (exact) mass is 1210 g/mol. The van der Waals surface area contributed by atoms with E-state index >= 15 is 0 Å². The molecule has 0 unspecified atom stereocenters. The number of carbonyl (C=O) groups excluding carboxylic acids is 5. The number of likely N-dealkylation sites (N-methyl/N-ethyl adjacent to an activating group) is 1. The lowest BCUT2D eigenvalue weighted by Crippen LogP contribution is -2.32. The number of carbonyl (C=O) groups is 5. The van der Waals surface area contributed by atoms with E-state index in [0.29, 0.717) is 97.6 Å². The Labute approximate surface area is 523 Å². The minimum Gasteiger partial charge on any atom is -0.466 e. The molecule has 0 aromatic heterocycles. The van der Waals surface area contributed by atoms with Crippen LogP contribution >= 0.6 is 0 Å². The first kappa shape index (κ1) is 82.1. The number of esters is 4. The Morgan fingerprint density at radius 1 is 0.306 bits per heavy atom. The van der Waals surface area contributed by atoms with E-state index in [1.165, 1.54) is 205 Å². The first-order valence-corrected chi connectivity index (χ1v) is 36.5. The third-order valence-electron chi connectivity index (χ3n) is 16.4. The summed E-state index contributed by atoms with van der Waals surface area (Å²) in [5, 5.41) is 2.81. The zero-order valence-electron chi connectivity index (χ0n) is 56.4. The molecule has 0 radical (unpaired) electrons. The molecule has 0 aliphatic heterocycles. The highest BCUT2D eigenvalue weighted by atomic mass is 16.6. The van der Waals surface area contributed by atoms with Crippen molar-refractivity contribution >= 4 is 30.0 Å². The summed E-state index contributed by atoms with van der Waals surface area (Å²) in [6.07, 6.45) is 59.0. The minimum absolute atomic E-state index is 0.0170. The molecule has 0 heterocycles. The fourth-order valence-corrected chi connectivity index (χ4v) is 10.8. The summed E-state index contributed by atoms with van der Waals surface area (Å²) in [5.74, 6) is -0.294. The van der Waals surface area contributed by atoms with Crippen LogP contribution in [0.3, 0.4) is 0 Å². The Kier molecular flexibility index (Phi) is 66.2. The second-order valence-electron chi connectivity index (χ2n) is 25.1. The number of hydrogen-bond donors (Lipinski definition) is 1. The van der Waals surface area contributed by atoms with E-state index in [2.05, 4.69) is 19.2 Å². The number of rotatable bonds is 69. The molecule has 0 aromatic carbocycles. The number of nitrogens with zero attached hydrogens (tertiary/aromatic N) is 1. The standard InChI is InChI=1S/C72H138N2O11/c1-5-7-9-11-13-35-41-49-61-81-68(75)55-43-37-31-27-23-19-15-17-21-25-29-33-39-45-57-70(77)83-63-51-47-53-67(85-72(79)73-59-65-80-66-60-74(3)4)54-48-52-64-84-71(78)58-46-40-34-30-26-22-18-16-20-24-28-32-38-44-56-69(76)82-62-50-42-36-14-12-10-8-6-2/h67H,5-66H2,1-4H3,(H,73,79). The Bertz CT molecular complexity index is 1360. The zero-order chi connectivity index (χ0) is 61.8. The number of unbranched alkanes of at least 4 members (excludes halogenated alkanes) is 42. The largest absolute Gasteiger partial charge is 0.466 e. The molecule has 0 aliphatic carbocycles. The summed E-state index contributed by atoms with van der Waals surface area (Å²) >= 11 is 0. The van der Waals surface area contributed by atoms with E-state index in [1.807, 2.05) is 19.0 Å². The van der Waals surface area contributed by atoms with E-state index in [4.69, 9.17) is 28.4 Å². The predicted octanol–water partition coefficient (Wildman–Crippen LogP) is 19.9. The van der Waals surface area contributed by atoms with Crippen molar-refractivity contribution in [1.82, 2.24) is 10.2 Å². The second-order valence-corrected chi connectivity index (χ2v) is 25.1. The van der Waals surface area contributed by atoms with Crippen molar-refractivity contribution in [3.8, 4) is 0 Å². The van der Waals surface area contributed by atoms with Crippen LogP contribution in [0.5, 0.6) is 0 Å². The van der Waals surface area contributed by atoms with Crippen LogP contribution < -0.4 is 5.32 Å². The molecule has 85 heavy (non-hydrogen) atoms. The normalized spacial score (nSPS) is 11.4. The highest BCUT2D eigenvalue weighted by Gasteiger charge is 2.15. The topological polar surface area (TPSA) is 156 Å². The van der Waals surface area contributed by atoms with Gasteiger partial charge in [-0.2, -0.15) is 0 Å². The van der Waals surface area contributed by atoms with Crippen molar-refractivity contribution in [2.45, 2.75) is 367 Å². The van der Waals surface area contributed by atoms with E-state index < -0.39 is 6.09 Å². The summed E-state index contributed by atoms with van der Waals surface area (Å²) in [6, 6.07) is 0. The van der Waals surface area contributed by atoms with Crippen LogP contribution in [0.25, 0.3) is 0 Å². The third-order valence-corrected chi connectivity index (χ3v) is 16.4. The highest BCUT2D eigenvalue weighted by molar-refractivity contribution is 5.70. The molecule has 1 N–H and O–H groups in total. The molecular weight excluding hydrogens is 1070 g/mol. The van der Waals surface area contributed by atoms with Crippen LogP contribution in [-0.2, 0) is 47.6 Å². The third kappa shape index (κ3) is 68.4. The summed E-state index contributed by atoms with van der Waals surface area (Å²) in [4.78, 5) is 63.6. The number of amides is 1. The average molecular weight is 1210 g/mol. The van der Waals surface area contributed by atoms with Gasteiger partial charge in [-0.3, -0.25) is 19.2 Å². The number of nitrogens with one attached hydrogen (secondary N) is 1. The van der Waals surface area contributed by atoms with E-state index in [1.54, 1.807) is 0 Å². The van der Waals surface area contributed by atoms with Gasteiger partial charge in [-0.1, -0.05) is 258 Å². The molecule has 0 fully saturated rings. The molecule has 0 saturated carbocycles. The number of alkyl carbamates (subject to hydrolysis) is 1. The van der Waals surface area contributed by atoms with Crippen LogP contribution in [0.4, 0.5) is 4.79 Å². The molecule has 0 aliphatic rings. The van der Waals surface area contributed by atoms with Crippen molar-refractivity contribution in [2.24, 2.45) is 0 Å². The molecular formula is C72H138N2O11. The molecule has 0 atom stereocenters. The van der Waals surface area contributed by atoms with Crippen LogP contribution in [0.1, 0.15) is 361 Å². The molecule has 0 bridgehead atoms. The molecule has 0 spiro atoms. The van der Waals surface area contributed by atoms with Crippen LogP contribution in [-0.4, -0.2) is 108 Å². The van der Waals surface area contributed by atoms with Gasteiger partial charge in [-0.05, 0) is 91.1 Å². The van der Waals surface area contributed by atoms with E-state index in [-0.39, 0.29) is 30.0 Å². The van der Waals surface area contributed by atoms with Gasteiger partial charge in [0, 0.05) is 38.8 Å². The number of ether oxygens (including phenoxy) is 6. The highest BCUT2D eigenvalue weighted by Crippen LogP contribution is 2.19. The van der Waals surface area contributed by atoms with Crippen molar-refractivity contribution in [2.75, 3.05) is 66.8 Å². The zero-order valence-corrected chi connectivity index (χ0v) is 56.4. The quantitative estimate of drug-likeness (QED) is 0.0350. The summed E-state index contributed by atoms with van der Waals surface area (Å²) < 4.78 is 33.4. The van der Waals surface area contributed by atoms with Crippen LogP contribution in [0, 0.1) is 0 Å². The van der Waals surface area contributed by atoms with Crippen molar-refractivity contribution in [3.05, 3.63) is 0 Å². The SMILES string of the molecule is CCCCCCCCCCOC(=O)CCCCCCCCCCCCCCCCC(=O)OCCCCC(CCCCOC(=O)CCCCCCCCCCCCCCCCC(=O)OCCCCCCCCCC)OC(=O)NCCOCCN(C)C. The Balaban J connectivity index is 3.94. The molecule has 0 rings (SSSR count). The van der Waals surface area contributed by atoms with E-state index in [9.17, 15) is 24.0 Å². The smallest absolute Gasteiger partial charge is 0.407 e.